The van der Waals surface area contributed by atoms with Gasteiger partial charge in [0.1, 0.15) is 11.7 Å². The number of para-hydroxylation sites is 1. The van der Waals surface area contributed by atoms with Crippen LogP contribution < -0.4 is 9.84 Å². The van der Waals surface area contributed by atoms with Gasteiger partial charge in [0.2, 0.25) is 0 Å². The van der Waals surface area contributed by atoms with Crippen LogP contribution in [0, 0.1) is 5.92 Å². The molecule has 0 radical (unpaired) electrons. The zero-order valence-electron chi connectivity index (χ0n) is 14.7. The highest BCUT2D eigenvalue weighted by Crippen LogP contribution is 2.16. The highest BCUT2D eigenvalue weighted by Gasteiger charge is 2.21. The maximum Gasteiger partial charge on any atom is 0.311 e. The summed E-state index contributed by atoms with van der Waals surface area (Å²) in [6, 6.07) is 5.81. The van der Waals surface area contributed by atoms with Crippen LogP contribution in [0.3, 0.4) is 0 Å². The molecule has 0 saturated carbocycles. The van der Waals surface area contributed by atoms with Crippen molar-refractivity contribution >= 4 is 17.9 Å². The van der Waals surface area contributed by atoms with E-state index < -0.39 is 17.9 Å². The van der Waals surface area contributed by atoms with E-state index in [0.717, 1.165) is 11.0 Å². The third kappa shape index (κ3) is 8.28. The number of hydrogen-bond donors (Lipinski definition) is 1. The summed E-state index contributed by atoms with van der Waals surface area (Å²) in [4.78, 5) is 31.5. The van der Waals surface area contributed by atoms with Gasteiger partial charge < -0.3 is 24.2 Å². The molecule has 134 valence electrons. The Balaban J connectivity index is 0.000000449. The standard InChI is InChI=1S/C9H8O4.C8H17NO2/c1-6(10)13-8-5-3-2-4-7(8)9(11)12;1-5-9(3,4)6-7(2)8(10)11/h2-5H,1H3,(H,11,12);7H,5-6H2,1-4H3. The van der Waals surface area contributed by atoms with Gasteiger partial charge in [-0.1, -0.05) is 12.1 Å². The first-order chi connectivity index (χ1) is 11.0. The Kier molecular flexibility index (Phi) is 8.70. The monoisotopic (exact) mass is 339 g/mol. The number of quaternary nitrogens is 1. The van der Waals surface area contributed by atoms with E-state index in [2.05, 4.69) is 11.7 Å². The van der Waals surface area contributed by atoms with Crippen LogP contribution >= 0.6 is 0 Å². The molecule has 7 nitrogen and oxygen atoms in total. The lowest BCUT2D eigenvalue weighted by atomic mass is 10.1. The van der Waals surface area contributed by atoms with Crippen molar-refractivity contribution in [2.75, 3.05) is 27.2 Å². The SMILES string of the molecule is CC(=O)Oc1ccccc1C(=O)[O-].CC[N+](C)(C)CC(C)C(=O)O. The molecule has 1 aromatic rings. The normalized spacial score (nSPS) is 11.7. The molecule has 0 saturated heterocycles. The summed E-state index contributed by atoms with van der Waals surface area (Å²) < 4.78 is 5.42. The number of hydrogen-bond acceptors (Lipinski definition) is 5. The number of aliphatic carboxylic acids is 1. The molecule has 0 heterocycles. The number of rotatable bonds is 6. The summed E-state index contributed by atoms with van der Waals surface area (Å²) in [6.07, 6.45) is 0. The lowest BCUT2D eigenvalue weighted by Crippen LogP contribution is -2.44. The maximum atomic E-state index is 10.6. The van der Waals surface area contributed by atoms with Gasteiger partial charge in [0.15, 0.2) is 0 Å². The van der Waals surface area contributed by atoms with Crippen molar-refractivity contribution in [2.45, 2.75) is 20.8 Å². The third-order valence-corrected chi connectivity index (χ3v) is 3.41. The fraction of sp³-hybridized carbons (Fsp3) is 0.471. The van der Waals surface area contributed by atoms with Crippen LogP contribution in [0.2, 0.25) is 0 Å². The van der Waals surface area contributed by atoms with Gasteiger partial charge in [-0.3, -0.25) is 9.59 Å². The second-order valence-electron chi connectivity index (χ2n) is 6.05. The molecule has 0 amide bonds. The topological polar surface area (TPSA) is 104 Å². The number of carbonyl (C=O) groups is 3. The van der Waals surface area contributed by atoms with Gasteiger partial charge in [0.05, 0.1) is 33.2 Å². The number of carboxylic acids is 2. The first kappa shape index (κ1) is 21.6. The molecule has 1 N–H and O–H groups in total. The van der Waals surface area contributed by atoms with Gasteiger partial charge in [-0.15, -0.1) is 0 Å². The molecule has 0 fully saturated rings. The highest BCUT2D eigenvalue weighted by molar-refractivity contribution is 5.90. The number of aromatic carboxylic acids is 1. The Morgan fingerprint density at radius 1 is 1.25 bits per heavy atom. The zero-order valence-corrected chi connectivity index (χ0v) is 14.7. The fourth-order valence-corrected chi connectivity index (χ4v) is 1.83. The average Bonchev–Trinajstić information content (AvgIpc) is 2.47. The van der Waals surface area contributed by atoms with Gasteiger partial charge >= 0.3 is 11.9 Å². The van der Waals surface area contributed by atoms with Gasteiger partial charge in [0, 0.05) is 12.5 Å². The van der Waals surface area contributed by atoms with Crippen LogP contribution in [0.4, 0.5) is 0 Å². The first-order valence-electron chi connectivity index (χ1n) is 7.53. The van der Waals surface area contributed by atoms with Crippen LogP contribution in [0.5, 0.6) is 5.75 Å². The Labute approximate surface area is 142 Å². The van der Waals surface area contributed by atoms with E-state index in [-0.39, 0.29) is 17.2 Å². The van der Waals surface area contributed by atoms with Gasteiger partial charge in [0.25, 0.3) is 0 Å². The number of benzene rings is 1. The van der Waals surface area contributed by atoms with Crippen molar-refractivity contribution < 1.29 is 33.8 Å². The molecule has 1 unspecified atom stereocenters. The summed E-state index contributed by atoms with van der Waals surface area (Å²) in [5, 5.41) is 19.1. The Bertz CT molecular complexity index is 582. The molecule has 0 aliphatic carbocycles. The smallest absolute Gasteiger partial charge is 0.311 e. The Morgan fingerprint density at radius 3 is 2.21 bits per heavy atom. The molecule has 0 aliphatic heterocycles. The van der Waals surface area contributed by atoms with Crippen LogP contribution in [-0.4, -0.2) is 54.7 Å². The van der Waals surface area contributed by atoms with Gasteiger partial charge in [-0.25, -0.2) is 0 Å². The van der Waals surface area contributed by atoms with E-state index in [1.54, 1.807) is 13.0 Å². The van der Waals surface area contributed by atoms with Crippen molar-refractivity contribution in [1.29, 1.82) is 0 Å². The molecule has 1 atom stereocenters. The van der Waals surface area contributed by atoms with Gasteiger partial charge in [-0.05, 0) is 26.0 Å². The highest BCUT2D eigenvalue weighted by atomic mass is 16.5. The van der Waals surface area contributed by atoms with Crippen molar-refractivity contribution in [3.63, 3.8) is 0 Å². The van der Waals surface area contributed by atoms with E-state index in [1.807, 2.05) is 14.1 Å². The molecule has 1 aromatic carbocycles. The molecule has 0 aromatic heterocycles. The maximum absolute atomic E-state index is 10.6. The summed E-state index contributed by atoms with van der Waals surface area (Å²) in [6.45, 7) is 6.68. The Morgan fingerprint density at radius 2 is 1.79 bits per heavy atom. The summed E-state index contributed by atoms with van der Waals surface area (Å²) >= 11 is 0. The van der Waals surface area contributed by atoms with Crippen molar-refractivity contribution in [2.24, 2.45) is 5.92 Å². The number of ether oxygens (including phenoxy) is 1. The summed E-state index contributed by atoms with van der Waals surface area (Å²) in [5.74, 6) is -2.87. The van der Waals surface area contributed by atoms with Crippen LogP contribution in [0.15, 0.2) is 24.3 Å². The molecular formula is C17H25NO6. The van der Waals surface area contributed by atoms with E-state index >= 15 is 0 Å². The minimum Gasteiger partial charge on any atom is -0.545 e. The fourth-order valence-electron chi connectivity index (χ4n) is 1.83. The van der Waals surface area contributed by atoms with Crippen molar-refractivity contribution in [3.05, 3.63) is 29.8 Å². The lowest BCUT2D eigenvalue weighted by molar-refractivity contribution is -0.890. The third-order valence-electron chi connectivity index (χ3n) is 3.41. The number of esters is 1. The molecule has 0 aliphatic rings. The number of nitrogens with zero attached hydrogens (tertiary/aromatic N) is 1. The van der Waals surface area contributed by atoms with Crippen molar-refractivity contribution in [3.8, 4) is 5.75 Å². The van der Waals surface area contributed by atoms with Crippen LogP contribution in [0.1, 0.15) is 31.1 Å². The Hall–Kier alpha value is -2.41. The largest absolute Gasteiger partial charge is 0.545 e. The second-order valence-corrected chi connectivity index (χ2v) is 6.05. The minimum absolute atomic E-state index is 0.00926. The van der Waals surface area contributed by atoms with Crippen LogP contribution in [0.25, 0.3) is 0 Å². The number of carbonyl (C=O) groups excluding carboxylic acids is 2. The average molecular weight is 339 g/mol. The molecule has 0 spiro atoms. The first-order valence-corrected chi connectivity index (χ1v) is 7.53. The lowest BCUT2D eigenvalue weighted by Gasteiger charge is -2.29. The minimum atomic E-state index is -1.36. The molecule has 1 rings (SSSR count). The zero-order chi connectivity index (χ0) is 18.9. The molecular weight excluding hydrogens is 314 g/mol. The second kappa shape index (κ2) is 9.67. The van der Waals surface area contributed by atoms with Crippen molar-refractivity contribution in [1.82, 2.24) is 0 Å². The summed E-state index contributed by atoms with van der Waals surface area (Å²) in [7, 11) is 4.08. The van der Waals surface area contributed by atoms with E-state index in [4.69, 9.17) is 5.11 Å². The molecule has 24 heavy (non-hydrogen) atoms. The number of carboxylic acid groups (broad SMARTS) is 2. The van der Waals surface area contributed by atoms with Gasteiger partial charge in [-0.2, -0.15) is 0 Å². The molecule has 7 heteroatoms. The summed E-state index contributed by atoms with van der Waals surface area (Å²) in [5.41, 5.74) is -0.127. The quantitative estimate of drug-likeness (QED) is 0.467. The molecule has 0 bridgehead atoms. The van der Waals surface area contributed by atoms with E-state index in [0.29, 0.717) is 6.54 Å². The predicted octanol–water partition coefficient (Wildman–Crippen LogP) is 0.779. The van der Waals surface area contributed by atoms with E-state index in [9.17, 15) is 19.5 Å². The predicted molar refractivity (Wildman–Crippen MR) is 86.4 cm³/mol. The van der Waals surface area contributed by atoms with E-state index in [1.165, 1.54) is 25.1 Å². The van der Waals surface area contributed by atoms with Crippen LogP contribution in [-0.2, 0) is 9.59 Å².